The molecule has 0 radical (unpaired) electrons. The third-order valence-corrected chi connectivity index (χ3v) is 11.6. The van der Waals surface area contributed by atoms with Crippen LogP contribution < -0.4 is 5.73 Å². The summed E-state index contributed by atoms with van der Waals surface area (Å²) >= 11 is 0. The lowest BCUT2D eigenvalue weighted by molar-refractivity contribution is -0.154. The van der Waals surface area contributed by atoms with E-state index in [1.807, 2.05) is 0 Å². The third kappa shape index (κ3) is 49.0. The fraction of sp³-hybridized carbons (Fsp3) is 0.755. The van der Waals surface area contributed by atoms with Crippen LogP contribution in [0.4, 0.5) is 0 Å². The van der Waals surface area contributed by atoms with Gasteiger partial charge in [0.05, 0.1) is 19.8 Å². The summed E-state index contributed by atoms with van der Waals surface area (Å²) < 4.78 is 33.6. The fourth-order valence-electron chi connectivity index (χ4n) is 6.90. The van der Waals surface area contributed by atoms with E-state index in [9.17, 15) is 14.3 Å². The minimum absolute atomic E-state index is 0.0953. The number of esters is 1. The number of carbonyl (C=O) groups is 1. The number of rotatable bonds is 48. The predicted molar refractivity (Wildman–Crippen MR) is 265 cm³/mol. The van der Waals surface area contributed by atoms with Crippen molar-refractivity contribution in [3.8, 4) is 0 Å². The Kier molecular flexibility index (Phi) is 48.3. The van der Waals surface area contributed by atoms with Gasteiger partial charge in [0, 0.05) is 19.6 Å². The SMILES string of the molecule is CC/C=C\C/C=C\C/C=C\C/C=C\CCCCCCCCCCC(=O)OC(COCCCCCCCCCCCC/C=C\C/C=C\CCCCCCC)COP(=O)(O)OCCN. The van der Waals surface area contributed by atoms with Crippen LogP contribution in [0, 0.1) is 0 Å². The molecule has 0 saturated carbocycles. The van der Waals surface area contributed by atoms with Gasteiger partial charge in [-0.3, -0.25) is 13.8 Å². The second kappa shape index (κ2) is 49.9. The Bertz CT molecular complexity index is 1180. The summed E-state index contributed by atoms with van der Waals surface area (Å²) in [5.74, 6) is -0.340. The zero-order valence-electron chi connectivity index (χ0n) is 40.1. The van der Waals surface area contributed by atoms with Gasteiger partial charge in [0.25, 0.3) is 0 Å². The second-order valence-electron chi connectivity index (χ2n) is 16.6. The number of unbranched alkanes of at least 4 members (excludes halogenated alkanes) is 23. The number of nitrogens with two attached hydrogens (primary N) is 1. The number of hydrogen-bond donors (Lipinski definition) is 2. The molecule has 0 aromatic rings. The van der Waals surface area contributed by atoms with E-state index in [-0.39, 0.29) is 32.3 Å². The molecule has 0 saturated heterocycles. The fourth-order valence-corrected chi connectivity index (χ4v) is 7.67. The monoisotopic (exact) mass is 890 g/mol. The van der Waals surface area contributed by atoms with Crippen LogP contribution in [0.5, 0.6) is 0 Å². The first kappa shape index (κ1) is 59.9. The summed E-state index contributed by atoms with van der Waals surface area (Å²) in [6.45, 7) is 4.79. The summed E-state index contributed by atoms with van der Waals surface area (Å²) in [6.07, 6.45) is 63.6. The van der Waals surface area contributed by atoms with E-state index in [0.717, 1.165) is 70.6 Å². The highest BCUT2D eigenvalue weighted by molar-refractivity contribution is 7.47. The largest absolute Gasteiger partial charge is 0.472 e. The van der Waals surface area contributed by atoms with E-state index >= 15 is 0 Å². The van der Waals surface area contributed by atoms with Gasteiger partial charge in [-0.1, -0.05) is 202 Å². The zero-order valence-corrected chi connectivity index (χ0v) is 41.0. The van der Waals surface area contributed by atoms with Crippen LogP contribution in [0.25, 0.3) is 0 Å². The Morgan fingerprint density at radius 2 is 0.903 bits per heavy atom. The summed E-state index contributed by atoms with van der Waals surface area (Å²) in [5.41, 5.74) is 5.39. The quantitative estimate of drug-likeness (QED) is 0.0268. The molecule has 0 aromatic heterocycles. The van der Waals surface area contributed by atoms with Gasteiger partial charge in [-0.15, -0.1) is 0 Å². The molecule has 9 heteroatoms. The molecule has 8 nitrogen and oxygen atoms in total. The molecule has 0 aliphatic carbocycles. The van der Waals surface area contributed by atoms with Crippen LogP contribution >= 0.6 is 7.82 Å². The second-order valence-corrected chi connectivity index (χ2v) is 18.1. The Hall–Kier alpha value is -2.06. The Morgan fingerprint density at radius 3 is 1.35 bits per heavy atom. The van der Waals surface area contributed by atoms with Crippen LogP contribution in [0.1, 0.15) is 219 Å². The molecular formula is C53H96NO7P. The van der Waals surface area contributed by atoms with Crippen LogP contribution in [0.2, 0.25) is 0 Å². The number of hydrogen-bond acceptors (Lipinski definition) is 7. The first-order valence-corrected chi connectivity index (χ1v) is 26.9. The highest BCUT2D eigenvalue weighted by Gasteiger charge is 2.25. The standard InChI is InChI=1S/C53H96NO7P/c1-3-5-7-9-11-13-15-17-19-21-23-25-27-29-31-33-35-37-39-41-43-45-48-58-50-52(51-60-62(56,57)59-49-47-54)61-53(55)46-44-42-40-38-36-34-32-30-28-26-24-22-20-18-16-14-12-10-8-6-4-2/h6,8,12,14-15,17-18,20-21,23-24,26,52H,3-5,7,9-11,13,16,19,22,25,27-51,54H2,1-2H3,(H,56,57)/b8-6-,14-12-,17-15-,20-18-,23-21-,26-24-. The van der Waals surface area contributed by atoms with Gasteiger partial charge in [0.1, 0.15) is 6.10 Å². The minimum Gasteiger partial charge on any atom is -0.457 e. The average Bonchev–Trinajstić information content (AvgIpc) is 3.26. The van der Waals surface area contributed by atoms with Crippen molar-refractivity contribution < 1.29 is 32.8 Å². The number of phosphoric acid groups is 1. The van der Waals surface area contributed by atoms with Crippen molar-refractivity contribution in [1.82, 2.24) is 0 Å². The normalized spacial score (nSPS) is 13.9. The van der Waals surface area contributed by atoms with Crippen molar-refractivity contribution in [2.75, 3.05) is 33.0 Å². The van der Waals surface area contributed by atoms with Gasteiger partial charge < -0.3 is 20.1 Å². The molecule has 0 bridgehead atoms. The molecule has 0 fully saturated rings. The predicted octanol–water partition coefficient (Wildman–Crippen LogP) is 15.9. The first-order valence-electron chi connectivity index (χ1n) is 25.4. The lowest BCUT2D eigenvalue weighted by Crippen LogP contribution is -2.28. The van der Waals surface area contributed by atoms with E-state index in [1.54, 1.807) is 0 Å². The molecule has 2 unspecified atom stereocenters. The van der Waals surface area contributed by atoms with Crippen LogP contribution in [-0.2, 0) is 27.9 Å². The summed E-state index contributed by atoms with van der Waals surface area (Å²) in [7, 11) is -4.29. The first-order chi connectivity index (χ1) is 30.4. The van der Waals surface area contributed by atoms with E-state index in [4.69, 9.17) is 24.3 Å². The summed E-state index contributed by atoms with van der Waals surface area (Å²) in [4.78, 5) is 22.6. The molecular weight excluding hydrogens is 794 g/mol. The van der Waals surface area contributed by atoms with Crippen molar-refractivity contribution in [2.45, 2.75) is 225 Å². The molecule has 0 rings (SSSR count). The topological polar surface area (TPSA) is 117 Å². The third-order valence-electron chi connectivity index (χ3n) is 10.6. The van der Waals surface area contributed by atoms with E-state index in [2.05, 4.69) is 86.8 Å². The number of ether oxygens (including phenoxy) is 2. The van der Waals surface area contributed by atoms with E-state index in [0.29, 0.717) is 13.0 Å². The molecule has 0 aromatic carbocycles. The van der Waals surface area contributed by atoms with Crippen LogP contribution in [-0.4, -0.2) is 49.9 Å². The Morgan fingerprint density at radius 1 is 0.500 bits per heavy atom. The molecule has 0 spiro atoms. The van der Waals surface area contributed by atoms with Crippen molar-refractivity contribution in [3.05, 3.63) is 72.9 Å². The van der Waals surface area contributed by atoms with Gasteiger partial charge in [0.2, 0.25) is 0 Å². The van der Waals surface area contributed by atoms with Crippen molar-refractivity contribution in [3.63, 3.8) is 0 Å². The summed E-state index contributed by atoms with van der Waals surface area (Å²) in [5, 5.41) is 0. The molecule has 360 valence electrons. The van der Waals surface area contributed by atoms with Crippen molar-refractivity contribution >= 4 is 13.8 Å². The molecule has 0 aliphatic rings. The smallest absolute Gasteiger partial charge is 0.457 e. The van der Waals surface area contributed by atoms with Gasteiger partial charge in [0.15, 0.2) is 0 Å². The Balaban J connectivity index is 3.98. The van der Waals surface area contributed by atoms with Gasteiger partial charge in [-0.2, -0.15) is 0 Å². The zero-order chi connectivity index (χ0) is 45.1. The molecule has 62 heavy (non-hydrogen) atoms. The lowest BCUT2D eigenvalue weighted by atomic mass is 10.1. The number of carbonyl (C=O) groups excluding carboxylic acids is 1. The number of phosphoric ester groups is 1. The maximum atomic E-state index is 12.7. The van der Waals surface area contributed by atoms with Crippen molar-refractivity contribution in [2.24, 2.45) is 5.73 Å². The lowest BCUT2D eigenvalue weighted by Gasteiger charge is -2.20. The van der Waals surface area contributed by atoms with Crippen molar-refractivity contribution in [1.29, 1.82) is 0 Å². The van der Waals surface area contributed by atoms with Gasteiger partial charge >= 0.3 is 13.8 Å². The van der Waals surface area contributed by atoms with Gasteiger partial charge in [-0.25, -0.2) is 4.57 Å². The average molecular weight is 890 g/mol. The van der Waals surface area contributed by atoms with Crippen LogP contribution in [0.15, 0.2) is 72.9 Å². The minimum atomic E-state index is -4.29. The number of allylic oxidation sites excluding steroid dienone is 12. The molecule has 0 heterocycles. The maximum absolute atomic E-state index is 12.7. The summed E-state index contributed by atoms with van der Waals surface area (Å²) in [6, 6.07) is 0. The molecule has 3 N–H and O–H groups in total. The van der Waals surface area contributed by atoms with Gasteiger partial charge in [-0.05, 0) is 83.5 Å². The molecule has 0 amide bonds. The highest BCUT2D eigenvalue weighted by Crippen LogP contribution is 2.43. The maximum Gasteiger partial charge on any atom is 0.472 e. The molecule has 0 aliphatic heterocycles. The highest BCUT2D eigenvalue weighted by atomic mass is 31.2. The van der Waals surface area contributed by atoms with Crippen LogP contribution in [0.3, 0.4) is 0 Å². The van der Waals surface area contributed by atoms with E-state index < -0.39 is 13.9 Å². The van der Waals surface area contributed by atoms with E-state index in [1.165, 1.54) is 128 Å². The Labute approximate surface area is 382 Å². The molecule has 2 atom stereocenters.